The number of benzene rings is 1. The van der Waals surface area contributed by atoms with E-state index in [9.17, 15) is 14.9 Å². The molecule has 3 heterocycles. The van der Waals surface area contributed by atoms with Crippen LogP contribution in [0.4, 0.5) is 11.0 Å². The van der Waals surface area contributed by atoms with E-state index >= 15 is 0 Å². The molecule has 11 heteroatoms. The Hall–Kier alpha value is -3.02. The summed E-state index contributed by atoms with van der Waals surface area (Å²) in [5, 5.41) is 11.5. The number of thiazole rings is 1. The van der Waals surface area contributed by atoms with Gasteiger partial charge in [0.15, 0.2) is 10.9 Å². The van der Waals surface area contributed by atoms with E-state index in [4.69, 9.17) is 13.9 Å². The maximum atomic E-state index is 13.2. The standard InChI is InChI=1S/C20H22N4O6S/c1-28-14-3-4-15-17(13-14)31-20(21-15)23(8-2-7-22-9-11-29-12-10-22)19(25)16-5-6-18(30-16)24(26)27/h3-6,13H,2,7-12H2,1H3. The van der Waals surface area contributed by atoms with Crippen LogP contribution in [0, 0.1) is 10.1 Å². The third-order valence-corrected chi connectivity index (χ3v) is 6.04. The van der Waals surface area contributed by atoms with Crippen LogP contribution in [0.3, 0.4) is 0 Å². The molecule has 0 spiro atoms. The molecule has 1 saturated heterocycles. The van der Waals surface area contributed by atoms with Crippen LogP contribution in [0.2, 0.25) is 0 Å². The molecule has 0 saturated carbocycles. The van der Waals surface area contributed by atoms with Gasteiger partial charge in [-0.15, -0.1) is 0 Å². The molecule has 2 aromatic heterocycles. The van der Waals surface area contributed by atoms with Gasteiger partial charge >= 0.3 is 5.88 Å². The van der Waals surface area contributed by atoms with E-state index < -0.39 is 16.7 Å². The molecule has 10 nitrogen and oxygen atoms in total. The van der Waals surface area contributed by atoms with E-state index in [0.717, 1.165) is 29.9 Å². The molecule has 1 aromatic carbocycles. The molecule has 1 aliphatic rings. The predicted molar refractivity (Wildman–Crippen MR) is 115 cm³/mol. The molecule has 1 amide bonds. The number of furan rings is 1. The summed E-state index contributed by atoms with van der Waals surface area (Å²) in [7, 11) is 1.59. The monoisotopic (exact) mass is 446 g/mol. The van der Waals surface area contributed by atoms with Crippen molar-refractivity contribution in [2.75, 3.05) is 51.4 Å². The van der Waals surface area contributed by atoms with Crippen LogP contribution < -0.4 is 9.64 Å². The molecule has 1 aliphatic heterocycles. The Labute approximate surface area is 182 Å². The predicted octanol–water partition coefficient (Wildman–Crippen LogP) is 3.18. The highest BCUT2D eigenvalue weighted by Crippen LogP contribution is 2.32. The van der Waals surface area contributed by atoms with Crippen molar-refractivity contribution >= 4 is 38.5 Å². The number of fused-ring (bicyclic) bond motifs is 1. The summed E-state index contributed by atoms with van der Waals surface area (Å²) < 4.78 is 16.7. The molecule has 4 rings (SSSR count). The first-order valence-corrected chi connectivity index (χ1v) is 10.7. The smallest absolute Gasteiger partial charge is 0.433 e. The third kappa shape index (κ3) is 4.84. The van der Waals surface area contributed by atoms with Crippen LogP contribution in [-0.2, 0) is 4.74 Å². The summed E-state index contributed by atoms with van der Waals surface area (Å²) in [4.78, 5) is 31.9. The van der Waals surface area contributed by atoms with Crippen molar-refractivity contribution in [3.8, 4) is 5.75 Å². The van der Waals surface area contributed by atoms with E-state index in [1.54, 1.807) is 7.11 Å². The summed E-state index contributed by atoms with van der Waals surface area (Å²) in [5.41, 5.74) is 0.747. The van der Waals surface area contributed by atoms with Crippen LogP contribution in [0.15, 0.2) is 34.7 Å². The number of carbonyl (C=O) groups excluding carboxylic acids is 1. The van der Waals surface area contributed by atoms with Gasteiger partial charge in [0.1, 0.15) is 10.7 Å². The lowest BCUT2D eigenvalue weighted by molar-refractivity contribution is -0.402. The lowest BCUT2D eigenvalue weighted by Gasteiger charge is -2.27. The van der Waals surface area contributed by atoms with Crippen LogP contribution in [-0.4, -0.2) is 67.2 Å². The average molecular weight is 446 g/mol. The van der Waals surface area contributed by atoms with Gasteiger partial charge < -0.3 is 13.9 Å². The Balaban J connectivity index is 1.57. The second-order valence-electron chi connectivity index (χ2n) is 6.99. The van der Waals surface area contributed by atoms with Gasteiger partial charge in [0, 0.05) is 26.2 Å². The second-order valence-corrected chi connectivity index (χ2v) is 8.00. The van der Waals surface area contributed by atoms with Crippen molar-refractivity contribution < 1.29 is 23.6 Å². The summed E-state index contributed by atoms with van der Waals surface area (Å²) in [5.74, 6) is -0.309. The molecule has 0 bridgehead atoms. The van der Waals surface area contributed by atoms with Crippen LogP contribution >= 0.6 is 11.3 Å². The Morgan fingerprint density at radius 1 is 1.32 bits per heavy atom. The third-order valence-electron chi connectivity index (χ3n) is 5.00. The molecule has 0 N–H and O–H groups in total. The fourth-order valence-corrected chi connectivity index (χ4v) is 4.39. The van der Waals surface area contributed by atoms with Crippen LogP contribution in [0.1, 0.15) is 17.0 Å². The molecular formula is C20H22N4O6S. The van der Waals surface area contributed by atoms with Gasteiger partial charge in [0.25, 0.3) is 5.91 Å². The zero-order valence-corrected chi connectivity index (χ0v) is 17.8. The number of rotatable bonds is 8. The minimum Gasteiger partial charge on any atom is -0.497 e. The van der Waals surface area contributed by atoms with Gasteiger partial charge in [-0.3, -0.25) is 24.7 Å². The normalized spacial score (nSPS) is 14.6. The SMILES string of the molecule is COc1ccc2nc(N(CCCN3CCOCC3)C(=O)c3ccc([N+](=O)[O-])o3)sc2c1. The number of aromatic nitrogens is 1. The molecule has 164 valence electrons. The van der Waals surface area contributed by atoms with Crippen molar-refractivity contribution in [3.63, 3.8) is 0 Å². The first kappa shape index (κ1) is 21.2. The molecule has 31 heavy (non-hydrogen) atoms. The number of nitrogens with zero attached hydrogens (tertiary/aromatic N) is 4. The fraction of sp³-hybridized carbons (Fsp3) is 0.400. The number of carbonyl (C=O) groups is 1. The van der Waals surface area contributed by atoms with E-state index in [1.807, 2.05) is 18.2 Å². The number of hydrogen-bond acceptors (Lipinski definition) is 9. The Morgan fingerprint density at radius 3 is 2.84 bits per heavy atom. The van der Waals surface area contributed by atoms with Crippen molar-refractivity contribution in [1.82, 2.24) is 9.88 Å². The van der Waals surface area contributed by atoms with E-state index in [-0.39, 0.29) is 5.76 Å². The largest absolute Gasteiger partial charge is 0.497 e. The zero-order chi connectivity index (χ0) is 21.8. The van der Waals surface area contributed by atoms with Crippen LogP contribution in [0.25, 0.3) is 10.2 Å². The highest BCUT2D eigenvalue weighted by molar-refractivity contribution is 7.22. The number of nitro groups is 1. The Bertz CT molecular complexity index is 1070. The number of morpholine rings is 1. The molecule has 0 unspecified atom stereocenters. The summed E-state index contributed by atoms with van der Waals surface area (Å²) in [6.45, 7) is 4.35. The van der Waals surface area contributed by atoms with Crippen molar-refractivity contribution in [2.45, 2.75) is 6.42 Å². The van der Waals surface area contributed by atoms with E-state index in [0.29, 0.717) is 37.1 Å². The highest BCUT2D eigenvalue weighted by atomic mass is 32.1. The zero-order valence-electron chi connectivity index (χ0n) is 17.0. The first-order chi connectivity index (χ1) is 15.0. The van der Waals surface area contributed by atoms with Crippen molar-refractivity contribution in [3.05, 3.63) is 46.2 Å². The van der Waals surface area contributed by atoms with Gasteiger partial charge in [-0.05, 0) is 30.7 Å². The summed E-state index contributed by atoms with van der Waals surface area (Å²) in [6, 6.07) is 8.02. The minimum atomic E-state index is -0.663. The van der Waals surface area contributed by atoms with Crippen molar-refractivity contribution in [1.29, 1.82) is 0 Å². The summed E-state index contributed by atoms with van der Waals surface area (Å²) in [6.07, 6.45) is 0.716. The number of anilines is 1. The van der Waals surface area contributed by atoms with E-state index in [2.05, 4.69) is 9.88 Å². The van der Waals surface area contributed by atoms with Gasteiger partial charge in [-0.25, -0.2) is 4.98 Å². The van der Waals surface area contributed by atoms with Crippen LogP contribution in [0.5, 0.6) is 5.75 Å². The molecule has 0 aliphatic carbocycles. The lowest BCUT2D eigenvalue weighted by atomic mass is 10.3. The molecule has 3 aromatic rings. The quantitative estimate of drug-likeness (QED) is 0.383. The van der Waals surface area contributed by atoms with E-state index in [1.165, 1.54) is 28.4 Å². The highest BCUT2D eigenvalue weighted by Gasteiger charge is 2.26. The molecule has 1 fully saturated rings. The minimum absolute atomic E-state index is 0.0880. The Kier molecular flexibility index (Phi) is 6.44. The maximum absolute atomic E-state index is 13.2. The fourth-order valence-electron chi connectivity index (χ4n) is 3.37. The average Bonchev–Trinajstić information content (AvgIpc) is 3.44. The summed E-state index contributed by atoms with van der Waals surface area (Å²) >= 11 is 1.36. The number of ether oxygens (including phenoxy) is 2. The topological polar surface area (TPSA) is 111 Å². The first-order valence-electron chi connectivity index (χ1n) is 9.86. The molecular weight excluding hydrogens is 424 g/mol. The van der Waals surface area contributed by atoms with Gasteiger partial charge in [-0.2, -0.15) is 0 Å². The number of methoxy groups -OCH3 is 1. The number of hydrogen-bond donors (Lipinski definition) is 0. The lowest BCUT2D eigenvalue weighted by Crippen LogP contribution is -2.39. The Morgan fingerprint density at radius 2 is 2.13 bits per heavy atom. The number of amides is 1. The van der Waals surface area contributed by atoms with Gasteiger partial charge in [0.05, 0.1) is 36.6 Å². The van der Waals surface area contributed by atoms with Crippen molar-refractivity contribution in [2.24, 2.45) is 0 Å². The maximum Gasteiger partial charge on any atom is 0.433 e. The molecule has 0 radical (unpaired) electrons. The van der Waals surface area contributed by atoms with Gasteiger partial charge in [-0.1, -0.05) is 11.3 Å². The van der Waals surface area contributed by atoms with Gasteiger partial charge in [0.2, 0.25) is 0 Å². The second kappa shape index (κ2) is 9.41. The molecule has 0 atom stereocenters.